The van der Waals surface area contributed by atoms with E-state index in [-0.39, 0.29) is 5.91 Å². The Balaban J connectivity index is 1.58. The van der Waals surface area contributed by atoms with Gasteiger partial charge in [-0.3, -0.25) is 19.9 Å². The highest BCUT2D eigenvalue weighted by atomic mass is 16.1. The highest BCUT2D eigenvalue weighted by Gasteiger charge is 2.17. The minimum Gasteiger partial charge on any atom is -0.337 e. The van der Waals surface area contributed by atoms with Crippen molar-refractivity contribution in [1.82, 2.24) is 30.5 Å². The summed E-state index contributed by atoms with van der Waals surface area (Å²) >= 11 is 0. The standard InChI is InChI=1S/C28H23N7O/c1-16-11-19(14-29-2)31-25(36)10-9-17-5-3-6-18(12-17)20-7-4-8-22-26(20)33-28(32-22)27-21-13-23(16)30-15-24(21)34-35-27/h3-8,11-15H,2,9-10H2,1H3,(H,31,36)(H,32,33)(H,34,35)/b16-11+,19-14+. The monoisotopic (exact) mass is 473 g/mol. The van der Waals surface area contributed by atoms with E-state index in [9.17, 15) is 4.79 Å². The Morgan fingerprint density at radius 3 is 2.86 bits per heavy atom. The van der Waals surface area contributed by atoms with Crippen LogP contribution in [-0.2, 0) is 11.2 Å². The van der Waals surface area contributed by atoms with Gasteiger partial charge in [0.1, 0.15) is 5.69 Å². The number of nitrogens with zero attached hydrogens (tertiary/aromatic N) is 4. The van der Waals surface area contributed by atoms with Gasteiger partial charge in [0.25, 0.3) is 0 Å². The molecule has 0 radical (unpaired) electrons. The number of aliphatic imine (C=N–C) groups is 1. The molecular formula is C28H23N7O. The van der Waals surface area contributed by atoms with Gasteiger partial charge in [0.2, 0.25) is 5.91 Å². The molecule has 3 aromatic heterocycles. The molecule has 0 unspecified atom stereocenters. The molecule has 0 fully saturated rings. The summed E-state index contributed by atoms with van der Waals surface area (Å²) in [6.07, 6.45) is 6.08. The van der Waals surface area contributed by atoms with Crippen molar-refractivity contribution in [3.8, 4) is 22.6 Å². The Kier molecular flexibility index (Phi) is 5.26. The highest BCUT2D eigenvalue weighted by molar-refractivity contribution is 5.97. The minimum absolute atomic E-state index is 0.0972. The second kappa shape index (κ2) is 8.74. The molecule has 8 heteroatoms. The minimum atomic E-state index is -0.0972. The SMILES string of the molecule is C=N/C=C1\C=C(/C)c2cc3c(n[nH]c3cn2)-c2nc3c(cccc3[nH]2)-c2cccc(c2)CCC(=O)N1. The lowest BCUT2D eigenvalue weighted by Gasteiger charge is -2.09. The molecule has 0 spiro atoms. The second-order valence-corrected chi connectivity index (χ2v) is 8.82. The van der Waals surface area contributed by atoms with Crippen LogP contribution in [0.4, 0.5) is 0 Å². The molecule has 176 valence electrons. The number of imidazole rings is 1. The number of rotatable bonds is 1. The van der Waals surface area contributed by atoms with Crippen molar-refractivity contribution >= 4 is 40.1 Å². The first kappa shape index (κ1) is 21.7. The van der Waals surface area contributed by atoms with Crippen molar-refractivity contribution in [2.75, 3.05) is 0 Å². The molecule has 0 aliphatic carbocycles. The molecule has 0 saturated heterocycles. The van der Waals surface area contributed by atoms with Crippen LogP contribution in [0.25, 0.3) is 50.2 Å². The van der Waals surface area contributed by atoms with E-state index >= 15 is 0 Å². The van der Waals surface area contributed by atoms with Gasteiger partial charge in [0, 0.05) is 23.6 Å². The van der Waals surface area contributed by atoms with Crippen molar-refractivity contribution in [3.63, 3.8) is 0 Å². The molecule has 3 N–H and O–H groups in total. The molecule has 1 amide bonds. The number of aryl methyl sites for hydroxylation is 1. The number of pyridine rings is 1. The van der Waals surface area contributed by atoms with E-state index in [1.165, 1.54) is 6.20 Å². The number of aromatic amines is 2. The third kappa shape index (κ3) is 3.88. The molecule has 36 heavy (non-hydrogen) atoms. The van der Waals surface area contributed by atoms with Gasteiger partial charge in [-0.2, -0.15) is 5.10 Å². The fourth-order valence-electron chi connectivity index (χ4n) is 4.58. The number of allylic oxidation sites excluding steroid dienone is 2. The fourth-order valence-corrected chi connectivity index (χ4v) is 4.58. The maximum atomic E-state index is 12.8. The highest BCUT2D eigenvalue weighted by Crippen LogP contribution is 2.32. The summed E-state index contributed by atoms with van der Waals surface area (Å²) in [6, 6.07) is 16.3. The molecule has 5 aromatic rings. The molecule has 1 aliphatic heterocycles. The maximum absolute atomic E-state index is 12.8. The van der Waals surface area contributed by atoms with Gasteiger partial charge >= 0.3 is 0 Å². The smallest absolute Gasteiger partial charge is 0.224 e. The lowest BCUT2D eigenvalue weighted by molar-refractivity contribution is -0.120. The van der Waals surface area contributed by atoms with Crippen molar-refractivity contribution in [2.24, 2.45) is 4.99 Å². The first-order valence-electron chi connectivity index (χ1n) is 11.7. The fraction of sp³-hybridized carbons (Fsp3) is 0.107. The predicted molar refractivity (Wildman–Crippen MR) is 142 cm³/mol. The normalized spacial score (nSPS) is 16.6. The topological polar surface area (TPSA) is 112 Å². The zero-order valence-corrected chi connectivity index (χ0v) is 19.7. The number of para-hydroxylation sites is 1. The van der Waals surface area contributed by atoms with Crippen LogP contribution in [0.3, 0.4) is 0 Å². The van der Waals surface area contributed by atoms with Gasteiger partial charge in [0.05, 0.1) is 34.1 Å². The number of benzene rings is 2. The number of carbonyl (C=O) groups is 1. The largest absolute Gasteiger partial charge is 0.337 e. The van der Waals surface area contributed by atoms with Crippen LogP contribution in [0, 0.1) is 0 Å². The van der Waals surface area contributed by atoms with Crippen LogP contribution in [0.15, 0.2) is 77.7 Å². The van der Waals surface area contributed by atoms with Crippen LogP contribution >= 0.6 is 0 Å². The average molecular weight is 474 g/mol. The number of hydrogen-bond donors (Lipinski definition) is 3. The first-order chi connectivity index (χ1) is 17.6. The third-order valence-electron chi connectivity index (χ3n) is 6.35. The summed E-state index contributed by atoms with van der Waals surface area (Å²) in [5, 5.41) is 11.5. The zero-order chi connectivity index (χ0) is 24.6. The Hall–Kier alpha value is -4.85. The van der Waals surface area contributed by atoms with Gasteiger partial charge in [-0.25, -0.2) is 4.98 Å². The molecule has 8 nitrogen and oxygen atoms in total. The number of aromatic nitrogens is 5. The Bertz CT molecular complexity index is 1720. The van der Waals surface area contributed by atoms with Crippen LogP contribution in [0.5, 0.6) is 0 Å². The first-order valence-corrected chi connectivity index (χ1v) is 11.7. The number of H-pyrrole nitrogens is 2. The van der Waals surface area contributed by atoms with Crippen molar-refractivity contribution in [2.45, 2.75) is 19.8 Å². The van der Waals surface area contributed by atoms with Crippen molar-refractivity contribution < 1.29 is 4.79 Å². The average Bonchev–Trinajstić information content (AvgIpc) is 3.50. The van der Waals surface area contributed by atoms with Gasteiger partial charge in [0.15, 0.2) is 5.82 Å². The number of nitrogens with one attached hydrogen (secondary N) is 3. The summed E-state index contributed by atoms with van der Waals surface area (Å²) in [4.78, 5) is 29.6. The van der Waals surface area contributed by atoms with Gasteiger partial charge in [-0.05, 0) is 55.0 Å². The van der Waals surface area contributed by atoms with E-state index in [1.807, 2.05) is 43.3 Å². The quantitative estimate of drug-likeness (QED) is 0.291. The summed E-state index contributed by atoms with van der Waals surface area (Å²) < 4.78 is 0. The van der Waals surface area contributed by atoms with Gasteiger partial charge in [-0.15, -0.1) is 0 Å². The van der Waals surface area contributed by atoms with E-state index in [1.54, 1.807) is 6.20 Å². The van der Waals surface area contributed by atoms with Gasteiger partial charge in [-0.1, -0.05) is 36.4 Å². The number of fused-ring (bicyclic) bond motifs is 6. The molecule has 4 heterocycles. The summed E-state index contributed by atoms with van der Waals surface area (Å²) in [6.45, 7) is 5.48. The van der Waals surface area contributed by atoms with E-state index in [0.29, 0.717) is 24.4 Å². The van der Waals surface area contributed by atoms with E-state index in [2.05, 4.69) is 55.4 Å². The van der Waals surface area contributed by atoms with Crippen LogP contribution < -0.4 is 5.32 Å². The molecule has 1 aliphatic rings. The molecule has 6 bridgehead atoms. The predicted octanol–water partition coefficient (Wildman–Crippen LogP) is 5.18. The van der Waals surface area contributed by atoms with E-state index in [4.69, 9.17) is 4.98 Å². The lowest BCUT2D eigenvalue weighted by Crippen LogP contribution is -2.22. The van der Waals surface area contributed by atoms with Gasteiger partial charge < -0.3 is 10.3 Å². The third-order valence-corrected chi connectivity index (χ3v) is 6.35. The molecule has 0 atom stereocenters. The summed E-state index contributed by atoms with van der Waals surface area (Å²) in [7, 11) is 0. The number of hydrogen-bond acceptors (Lipinski definition) is 5. The molecular weight excluding hydrogens is 450 g/mol. The van der Waals surface area contributed by atoms with Crippen molar-refractivity contribution in [1.29, 1.82) is 0 Å². The Morgan fingerprint density at radius 2 is 1.97 bits per heavy atom. The van der Waals surface area contributed by atoms with Crippen LogP contribution in [0.1, 0.15) is 24.6 Å². The maximum Gasteiger partial charge on any atom is 0.224 e. The van der Waals surface area contributed by atoms with E-state index < -0.39 is 0 Å². The van der Waals surface area contributed by atoms with E-state index in [0.717, 1.165) is 55.6 Å². The van der Waals surface area contributed by atoms with Crippen LogP contribution in [-0.4, -0.2) is 37.8 Å². The Morgan fingerprint density at radius 1 is 1.08 bits per heavy atom. The molecule has 0 saturated carbocycles. The summed E-state index contributed by atoms with van der Waals surface area (Å²) in [5.41, 5.74) is 8.63. The lowest BCUT2D eigenvalue weighted by atomic mass is 10.00. The number of amides is 1. The molecule has 6 rings (SSSR count). The summed E-state index contributed by atoms with van der Waals surface area (Å²) in [5.74, 6) is 0.587. The second-order valence-electron chi connectivity index (χ2n) is 8.82. The zero-order valence-electron chi connectivity index (χ0n) is 19.7. The molecule has 2 aromatic carbocycles. The van der Waals surface area contributed by atoms with Crippen LogP contribution in [0.2, 0.25) is 0 Å². The van der Waals surface area contributed by atoms with Crippen molar-refractivity contribution in [3.05, 3.63) is 84.0 Å². The Labute approximate surface area is 206 Å². The number of carbonyl (C=O) groups excluding carboxylic acids is 1.